The summed E-state index contributed by atoms with van der Waals surface area (Å²) in [4.78, 5) is 33.2. The van der Waals surface area contributed by atoms with Crippen molar-refractivity contribution in [2.45, 2.75) is 32.9 Å². The molecule has 17 heavy (non-hydrogen) atoms. The van der Waals surface area contributed by atoms with E-state index in [1.807, 2.05) is 0 Å². The molecule has 7 heteroatoms. The number of hydrogen-bond donors (Lipinski definition) is 3. The number of carboxylic acid groups (broad SMARTS) is 1. The largest absolute Gasteiger partial charge is 0.480 e. The molecule has 0 fully saturated rings. The van der Waals surface area contributed by atoms with Gasteiger partial charge in [-0.1, -0.05) is 13.8 Å². The summed E-state index contributed by atoms with van der Waals surface area (Å²) in [6.45, 7) is 4.78. The minimum absolute atomic E-state index is 0.258. The highest BCUT2D eigenvalue weighted by molar-refractivity contribution is 5.86. The number of urea groups is 1. The van der Waals surface area contributed by atoms with E-state index in [1.54, 1.807) is 13.8 Å². The average molecular weight is 246 g/mol. The van der Waals surface area contributed by atoms with Gasteiger partial charge >= 0.3 is 18.0 Å². The fourth-order valence-corrected chi connectivity index (χ4v) is 1.13. The van der Waals surface area contributed by atoms with Crippen molar-refractivity contribution in [2.24, 2.45) is 5.92 Å². The Morgan fingerprint density at radius 2 is 1.65 bits per heavy atom. The maximum Gasteiger partial charge on any atom is 0.328 e. The maximum atomic E-state index is 11.4. The maximum absolute atomic E-state index is 11.4. The van der Waals surface area contributed by atoms with Crippen LogP contribution in [0.25, 0.3) is 0 Å². The highest BCUT2D eigenvalue weighted by atomic mass is 16.5. The number of esters is 1. The standard InChI is InChI=1S/C10H18N2O5/c1-5(2)7(8(13)14)12-10(16)11-6(3)9(15)17-4/h5-7H,1-4H3,(H,13,14)(H2,11,12,16)/t6?,7-/m1/s1. The van der Waals surface area contributed by atoms with Gasteiger partial charge in [0.25, 0.3) is 0 Å². The summed E-state index contributed by atoms with van der Waals surface area (Å²) < 4.78 is 4.42. The Morgan fingerprint density at radius 1 is 1.12 bits per heavy atom. The Hall–Kier alpha value is -1.79. The number of hydrogen-bond acceptors (Lipinski definition) is 4. The number of carboxylic acids is 1. The smallest absolute Gasteiger partial charge is 0.328 e. The van der Waals surface area contributed by atoms with E-state index in [1.165, 1.54) is 14.0 Å². The topological polar surface area (TPSA) is 105 Å². The van der Waals surface area contributed by atoms with Gasteiger partial charge in [0.05, 0.1) is 7.11 Å². The van der Waals surface area contributed by atoms with Crippen LogP contribution in [-0.2, 0) is 14.3 Å². The van der Waals surface area contributed by atoms with Gasteiger partial charge in [-0.2, -0.15) is 0 Å². The van der Waals surface area contributed by atoms with Crippen LogP contribution in [0.4, 0.5) is 4.79 Å². The van der Waals surface area contributed by atoms with Crippen LogP contribution in [0.5, 0.6) is 0 Å². The van der Waals surface area contributed by atoms with Gasteiger partial charge < -0.3 is 20.5 Å². The second-order valence-corrected chi connectivity index (χ2v) is 3.92. The average Bonchev–Trinajstić information content (AvgIpc) is 2.23. The molecule has 0 bridgehead atoms. The van der Waals surface area contributed by atoms with Gasteiger partial charge in [0.1, 0.15) is 12.1 Å². The molecule has 0 aliphatic rings. The molecule has 3 N–H and O–H groups in total. The van der Waals surface area contributed by atoms with Crippen LogP contribution in [0.2, 0.25) is 0 Å². The van der Waals surface area contributed by atoms with E-state index in [2.05, 4.69) is 15.4 Å². The second-order valence-electron chi connectivity index (χ2n) is 3.92. The number of carbonyl (C=O) groups is 3. The number of carbonyl (C=O) groups excluding carboxylic acids is 2. The summed E-state index contributed by atoms with van der Waals surface area (Å²) in [6, 6.07) is -2.55. The third-order valence-corrected chi connectivity index (χ3v) is 2.12. The predicted octanol–water partition coefficient (Wildman–Crippen LogP) is -0.0437. The fourth-order valence-electron chi connectivity index (χ4n) is 1.13. The molecule has 2 atom stereocenters. The summed E-state index contributed by atoms with van der Waals surface area (Å²) >= 11 is 0. The van der Waals surface area contributed by atoms with E-state index in [0.717, 1.165) is 0 Å². The Morgan fingerprint density at radius 3 is 2.00 bits per heavy atom. The number of amides is 2. The predicted molar refractivity (Wildman–Crippen MR) is 59.4 cm³/mol. The van der Waals surface area contributed by atoms with E-state index in [0.29, 0.717) is 0 Å². The van der Waals surface area contributed by atoms with Crippen LogP contribution >= 0.6 is 0 Å². The van der Waals surface area contributed by atoms with Gasteiger partial charge in [0.15, 0.2) is 0 Å². The molecular formula is C10H18N2O5. The first kappa shape index (κ1) is 15.2. The summed E-state index contributed by atoms with van der Waals surface area (Å²) in [5, 5.41) is 13.4. The lowest BCUT2D eigenvalue weighted by atomic mass is 10.1. The summed E-state index contributed by atoms with van der Waals surface area (Å²) in [5.74, 6) is -1.98. The van der Waals surface area contributed by atoms with Crippen LogP contribution in [-0.4, -0.2) is 42.3 Å². The van der Waals surface area contributed by atoms with E-state index >= 15 is 0 Å². The highest BCUT2D eigenvalue weighted by Gasteiger charge is 2.25. The fraction of sp³-hybridized carbons (Fsp3) is 0.700. The lowest BCUT2D eigenvalue weighted by molar-refractivity contribution is -0.142. The van der Waals surface area contributed by atoms with Gasteiger partial charge in [0.2, 0.25) is 0 Å². The third kappa shape index (κ3) is 5.19. The van der Waals surface area contributed by atoms with Gasteiger partial charge in [-0.25, -0.2) is 14.4 Å². The molecule has 0 aliphatic carbocycles. The summed E-state index contributed by atoms with van der Waals surface area (Å²) in [7, 11) is 1.20. The molecule has 2 amide bonds. The van der Waals surface area contributed by atoms with Crippen molar-refractivity contribution >= 4 is 18.0 Å². The van der Waals surface area contributed by atoms with Gasteiger partial charge in [0, 0.05) is 0 Å². The lowest BCUT2D eigenvalue weighted by Gasteiger charge is -2.19. The number of rotatable bonds is 5. The van der Waals surface area contributed by atoms with Crippen molar-refractivity contribution in [3.05, 3.63) is 0 Å². The first-order chi connectivity index (χ1) is 7.79. The zero-order chi connectivity index (χ0) is 13.6. The molecule has 0 aliphatic heterocycles. The molecule has 0 heterocycles. The van der Waals surface area contributed by atoms with Crippen molar-refractivity contribution in [1.82, 2.24) is 10.6 Å². The van der Waals surface area contributed by atoms with Gasteiger partial charge in [-0.3, -0.25) is 0 Å². The quantitative estimate of drug-likeness (QED) is 0.590. The Labute approximate surface area is 99.5 Å². The molecule has 0 aromatic heterocycles. The van der Waals surface area contributed by atoms with E-state index in [9.17, 15) is 14.4 Å². The molecule has 0 saturated heterocycles. The number of methoxy groups -OCH3 is 1. The van der Waals surface area contributed by atoms with Gasteiger partial charge in [-0.05, 0) is 12.8 Å². The molecule has 0 radical (unpaired) electrons. The minimum Gasteiger partial charge on any atom is -0.480 e. The molecule has 1 unspecified atom stereocenters. The van der Waals surface area contributed by atoms with E-state index in [-0.39, 0.29) is 5.92 Å². The van der Waals surface area contributed by atoms with Crippen molar-refractivity contribution in [1.29, 1.82) is 0 Å². The molecule has 0 aromatic rings. The molecule has 0 aromatic carbocycles. The molecule has 0 spiro atoms. The van der Waals surface area contributed by atoms with Crippen LogP contribution in [0.3, 0.4) is 0 Å². The number of ether oxygens (including phenoxy) is 1. The number of nitrogens with one attached hydrogen (secondary N) is 2. The zero-order valence-corrected chi connectivity index (χ0v) is 10.3. The van der Waals surface area contributed by atoms with Crippen LogP contribution in [0, 0.1) is 5.92 Å². The molecular weight excluding hydrogens is 228 g/mol. The van der Waals surface area contributed by atoms with Crippen LogP contribution in [0.1, 0.15) is 20.8 Å². The van der Waals surface area contributed by atoms with Crippen LogP contribution in [0.15, 0.2) is 0 Å². The summed E-state index contributed by atoms with van der Waals surface area (Å²) in [6.07, 6.45) is 0. The van der Waals surface area contributed by atoms with E-state index in [4.69, 9.17) is 5.11 Å². The SMILES string of the molecule is COC(=O)C(C)NC(=O)N[C@@H](C(=O)O)C(C)C. The van der Waals surface area contributed by atoms with Crippen molar-refractivity contribution < 1.29 is 24.2 Å². The highest BCUT2D eigenvalue weighted by Crippen LogP contribution is 2.01. The van der Waals surface area contributed by atoms with Crippen molar-refractivity contribution in [3.8, 4) is 0 Å². The number of aliphatic carboxylic acids is 1. The van der Waals surface area contributed by atoms with Crippen molar-refractivity contribution in [2.75, 3.05) is 7.11 Å². The Balaban J connectivity index is 4.34. The van der Waals surface area contributed by atoms with Gasteiger partial charge in [-0.15, -0.1) is 0 Å². The second kappa shape index (κ2) is 6.72. The minimum atomic E-state index is -1.12. The van der Waals surface area contributed by atoms with E-state index < -0.39 is 30.1 Å². The van der Waals surface area contributed by atoms with Crippen molar-refractivity contribution in [3.63, 3.8) is 0 Å². The summed E-state index contributed by atoms with van der Waals surface area (Å²) in [5.41, 5.74) is 0. The monoisotopic (exact) mass is 246 g/mol. The lowest BCUT2D eigenvalue weighted by Crippen LogP contribution is -2.52. The van der Waals surface area contributed by atoms with Crippen LogP contribution < -0.4 is 10.6 Å². The molecule has 7 nitrogen and oxygen atoms in total. The Bertz CT molecular complexity index is 303. The first-order valence-electron chi connectivity index (χ1n) is 5.17. The zero-order valence-electron chi connectivity index (χ0n) is 10.3. The molecule has 98 valence electrons. The molecule has 0 saturated carbocycles. The normalized spacial score (nSPS) is 13.7. The first-order valence-corrected chi connectivity index (χ1v) is 5.17. The third-order valence-electron chi connectivity index (χ3n) is 2.12. The molecule has 0 rings (SSSR count). The Kier molecular flexibility index (Phi) is 6.01.